The fraction of sp³-hybridized carbons (Fsp3) is 0.353. The summed E-state index contributed by atoms with van der Waals surface area (Å²) in [6.07, 6.45) is 1.76. The second kappa shape index (κ2) is 16.1. The van der Waals surface area contributed by atoms with Gasteiger partial charge in [0.1, 0.15) is 10.8 Å². The second-order valence-electron chi connectivity index (χ2n) is 11.0. The van der Waals surface area contributed by atoms with Gasteiger partial charge in [0.15, 0.2) is 11.5 Å². The lowest BCUT2D eigenvalue weighted by Gasteiger charge is -2.17. The molecule has 0 bridgehead atoms. The Bertz CT molecular complexity index is 1730. The van der Waals surface area contributed by atoms with Crippen molar-refractivity contribution in [3.63, 3.8) is 0 Å². The summed E-state index contributed by atoms with van der Waals surface area (Å²) in [6, 6.07) is 20.6. The zero-order chi connectivity index (χ0) is 34.0. The number of rotatable bonds is 13. The molecule has 46 heavy (non-hydrogen) atoms. The minimum absolute atomic E-state index is 0.0654. The van der Waals surface area contributed by atoms with Crippen LogP contribution in [0.4, 0.5) is 0 Å². The second-order valence-corrected chi connectivity index (χ2v) is 12.8. The van der Waals surface area contributed by atoms with Crippen LogP contribution in [0.15, 0.2) is 76.7 Å². The number of carboxylic acids is 2. The molecule has 0 aliphatic rings. The average Bonchev–Trinajstić information content (AvgIpc) is 3.35. The fourth-order valence-electron chi connectivity index (χ4n) is 5.10. The Morgan fingerprint density at radius 1 is 0.891 bits per heavy atom. The molecule has 0 saturated carbocycles. The maximum absolute atomic E-state index is 13.7. The van der Waals surface area contributed by atoms with Gasteiger partial charge in [0.2, 0.25) is 9.84 Å². The van der Waals surface area contributed by atoms with Gasteiger partial charge in [-0.25, -0.2) is 18.0 Å². The van der Waals surface area contributed by atoms with Crippen LogP contribution in [0, 0.1) is 0 Å². The summed E-state index contributed by atoms with van der Waals surface area (Å²) in [6.45, 7) is 6.41. The molecule has 1 aromatic heterocycles. The summed E-state index contributed by atoms with van der Waals surface area (Å²) in [4.78, 5) is 20.7. The molecule has 0 amide bonds. The Morgan fingerprint density at radius 3 is 2.11 bits per heavy atom. The van der Waals surface area contributed by atoms with Crippen molar-refractivity contribution >= 4 is 32.7 Å². The number of aryl methyl sites for hydroxylation is 1. The summed E-state index contributed by atoms with van der Waals surface area (Å²) in [7, 11) is 3.49. The molecule has 0 unspecified atom stereocenters. The molecule has 11 nitrogen and oxygen atoms in total. The SMILES string of the molecule is COc1ccc(CCN(C)CCCOc2ccc(S(=O)(=O)c3c(C(C)C)c4ccccc4n3C)cc2)cc1OC.O=C(O)C(=O)O. The van der Waals surface area contributed by atoms with Crippen LogP contribution in [0.2, 0.25) is 0 Å². The first kappa shape index (κ1) is 35.9. The van der Waals surface area contributed by atoms with E-state index >= 15 is 0 Å². The third kappa shape index (κ3) is 8.79. The number of carbonyl (C=O) groups is 2. The number of hydrogen-bond acceptors (Lipinski definition) is 8. The molecule has 248 valence electrons. The van der Waals surface area contributed by atoms with Crippen LogP contribution in [0.3, 0.4) is 0 Å². The Labute approximate surface area is 269 Å². The smallest absolute Gasteiger partial charge is 0.414 e. The highest BCUT2D eigenvalue weighted by Gasteiger charge is 2.29. The van der Waals surface area contributed by atoms with E-state index in [0.717, 1.165) is 53.9 Å². The van der Waals surface area contributed by atoms with E-state index in [0.29, 0.717) is 17.4 Å². The van der Waals surface area contributed by atoms with Crippen molar-refractivity contribution in [1.82, 2.24) is 9.47 Å². The van der Waals surface area contributed by atoms with Crippen molar-refractivity contribution in [2.24, 2.45) is 7.05 Å². The van der Waals surface area contributed by atoms with Crippen LogP contribution in [-0.4, -0.2) is 81.0 Å². The first-order valence-corrected chi connectivity index (χ1v) is 16.2. The molecule has 0 fully saturated rings. The summed E-state index contributed by atoms with van der Waals surface area (Å²) in [5.74, 6) is -1.45. The monoisotopic (exact) mass is 654 g/mol. The predicted octanol–water partition coefficient (Wildman–Crippen LogP) is 5.25. The van der Waals surface area contributed by atoms with E-state index in [1.54, 1.807) is 43.1 Å². The van der Waals surface area contributed by atoms with E-state index in [1.807, 2.05) is 57.3 Å². The number of sulfone groups is 1. The van der Waals surface area contributed by atoms with Gasteiger partial charge in [0, 0.05) is 31.0 Å². The number of benzene rings is 3. The molecule has 4 aromatic rings. The fourth-order valence-corrected chi connectivity index (χ4v) is 6.91. The number of methoxy groups -OCH3 is 2. The lowest BCUT2D eigenvalue weighted by atomic mass is 10.0. The van der Waals surface area contributed by atoms with E-state index in [4.69, 9.17) is 34.0 Å². The van der Waals surface area contributed by atoms with Gasteiger partial charge in [-0.1, -0.05) is 38.1 Å². The van der Waals surface area contributed by atoms with Gasteiger partial charge < -0.3 is 33.9 Å². The number of hydrogen-bond donors (Lipinski definition) is 2. The number of carboxylic acid groups (broad SMARTS) is 2. The minimum atomic E-state index is -3.71. The highest BCUT2D eigenvalue weighted by molar-refractivity contribution is 7.91. The first-order chi connectivity index (χ1) is 21.8. The zero-order valence-corrected chi connectivity index (χ0v) is 27.8. The number of aliphatic carboxylic acids is 2. The quantitative estimate of drug-likeness (QED) is 0.145. The van der Waals surface area contributed by atoms with Crippen LogP contribution in [0.1, 0.15) is 37.3 Å². The molecule has 0 aliphatic carbocycles. The number of aromatic nitrogens is 1. The Hall–Kier alpha value is -4.55. The van der Waals surface area contributed by atoms with Gasteiger partial charge in [0.25, 0.3) is 0 Å². The van der Waals surface area contributed by atoms with E-state index in [1.165, 1.54) is 5.56 Å². The van der Waals surface area contributed by atoms with Crippen molar-refractivity contribution in [2.45, 2.75) is 42.5 Å². The summed E-state index contributed by atoms with van der Waals surface area (Å²) >= 11 is 0. The van der Waals surface area contributed by atoms with E-state index < -0.39 is 21.8 Å². The highest BCUT2D eigenvalue weighted by atomic mass is 32.2. The van der Waals surface area contributed by atoms with Crippen LogP contribution >= 0.6 is 0 Å². The van der Waals surface area contributed by atoms with Crippen LogP contribution in [0.25, 0.3) is 10.9 Å². The first-order valence-electron chi connectivity index (χ1n) is 14.7. The number of para-hydroxylation sites is 1. The van der Waals surface area contributed by atoms with Gasteiger partial charge in [0.05, 0.1) is 25.7 Å². The molecule has 1 heterocycles. The number of fused-ring (bicyclic) bond motifs is 1. The summed E-state index contributed by atoms with van der Waals surface area (Å²) in [5.41, 5.74) is 2.96. The normalized spacial score (nSPS) is 11.3. The molecule has 12 heteroatoms. The van der Waals surface area contributed by atoms with Crippen LogP contribution in [-0.2, 0) is 32.9 Å². The molecule has 0 aliphatic heterocycles. The van der Waals surface area contributed by atoms with Crippen molar-refractivity contribution in [3.05, 3.63) is 77.9 Å². The lowest BCUT2D eigenvalue weighted by Crippen LogP contribution is -2.23. The van der Waals surface area contributed by atoms with Gasteiger partial charge in [-0.05, 0) is 79.4 Å². The van der Waals surface area contributed by atoms with E-state index in [9.17, 15) is 8.42 Å². The molecular weight excluding hydrogens is 612 g/mol. The molecule has 3 aromatic carbocycles. The third-order valence-electron chi connectivity index (χ3n) is 7.42. The predicted molar refractivity (Wildman–Crippen MR) is 175 cm³/mol. The molecular formula is C34H42N2O9S. The topological polar surface area (TPSA) is 145 Å². The number of nitrogens with zero attached hydrogens (tertiary/aromatic N) is 2. The van der Waals surface area contributed by atoms with Gasteiger partial charge >= 0.3 is 11.9 Å². The molecule has 0 saturated heterocycles. The van der Waals surface area contributed by atoms with E-state index in [-0.39, 0.29) is 10.8 Å². The standard InChI is InChI=1S/C32H40N2O5S.C2H2O4/c1-23(2)31-27-10-7-8-11-28(27)34(4)32(31)40(35,36)26-15-13-25(14-16-26)39-21-9-19-33(3)20-18-24-12-17-29(37-5)30(22-24)38-6;3-1(4)2(5)6/h7-8,10-17,22-23H,9,18-21H2,1-6H3;(H,3,4)(H,5,6). The lowest BCUT2D eigenvalue weighted by molar-refractivity contribution is -0.159. The van der Waals surface area contributed by atoms with Gasteiger partial charge in [-0.2, -0.15) is 0 Å². The number of ether oxygens (including phenoxy) is 3. The van der Waals surface area contributed by atoms with Gasteiger partial charge in [-0.3, -0.25) is 0 Å². The number of likely N-dealkylation sites (N-methyl/N-ethyl adjacent to an activating group) is 1. The van der Waals surface area contributed by atoms with E-state index in [2.05, 4.69) is 18.0 Å². The Morgan fingerprint density at radius 2 is 1.52 bits per heavy atom. The van der Waals surface area contributed by atoms with Crippen LogP contribution < -0.4 is 14.2 Å². The van der Waals surface area contributed by atoms with Crippen molar-refractivity contribution in [3.8, 4) is 17.2 Å². The average molecular weight is 655 g/mol. The maximum Gasteiger partial charge on any atom is 0.414 e. The van der Waals surface area contributed by atoms with Crippen molar-refractivity contribution in [2.75, 3.05) is 41.0 Å². The zero-order valence-electron chi connectivity index (χ0n) is 27.0. The molecule has 0 radical (unpaired) electrons. The van der Waals surface area contributed by atoms with Crippen LogP contribution in [0.5, 0.6) is 17.2 Å². The maximum atomic E-state index is 13.7. The van der Waals surface area contributed by atoms with Crippen molar-refractivity contribution in [1.29, 1.82) is 0 Å². The molecule has 2 N–H and O–H groups in total. The minimum Gasteiger partial charge on any atom is -0.494 e. The van der Waals surface area contributed by atoms with Gasteiger partial charge in [-0.15, -0.1) is 0 Å². The molecule has 0 atom stereocenters. The molecule has 4 rings (SSSR count). The highest BCUT2D eigenvalue weighted by Crippen LogP contribution is 2.37. The summed E-state index contributed by atoms with van der Waals surface area (Å²) < 4.78 is 45.9. The third-order valence-corrected chi connectivity index (χ3v) is 9.32. The van der Waals surface area contributed by atoms with Crippen molar-refractivity contribution < 1.29 is 42.4 Å². The Balaban J connectivity index is 0.000000875. The largest absolute Gasteiger partial charge is 0.494 e. The molecule has 0 spiro atoms. The Kier molecular flexibility index (Phi) is 12.6. The summed E-state index contributed by atoms with van der Waals surface area (Å²) in [5, 5.41) is 16.1.